The van der Waals surface area contributed by atoms with Crippen LogP contribution in [0, 0.1) is 15.4 Å². The fraction of sp³-hybridized carbons (Fsp3) is 0.625. The van der Waals surface area contributed by atoms with Crippen molar-refractivity contribution in [1.29, 1.82) is 0 Å². The minimum Gasteiger partial charge on any atom is -0.329 e. The van der Waals surface area contributed by atoms with Gasteiger partial charge in [-0.3, -0.25) is 0 Å². The Labute approximate surface area is 154 Å². The van der Waals surface area contributed by atoms with Gasteiger partial charge in [-0.15, -0.1) is 0 Å². The molecule has 0 aromatic heterocycles. The molecule has 1 aromatic carbocycles. The molecule has 0 aliphatic rings. The van der Waals surface area contributed by atoms with E-state index in [1.165, 1.54) is 0 Å². The molecule has 23 heavy (non-hydrogen) atoms. The summed E-state index contributed by atoms with van der Waals surface area (Å²) in [6, 6.07) is 6.84. The number of nitrogens with two attached hydrogens (primary N) is 1. The van der Waals surface area contributed by atoms with Gasteiger partial charge in [-0.25, -0.2) is 13.1 Å². The molecule has 0 heterocycles. The van der Waals surface area contributed by atoms with Gasteiger partial charge in [0.15, 0.2) is 0 Å². The highest BCUT2D eigenvalue weighted by molar-refractivity contribution is 14.1. The lowest BCUT2D eigenvalue weighted by molar-refractivity contribution is 0.354. The molecule has 7 heteroatoms. The van der Waals surface area contributed by atoms with E-state index < -0.39 is 10.0 Å². The minimum absolute atomic E-state index is 0.173. The number of sulfonamides is 1. The average molecular weight is 453 g/mol. The van der Waals surface area contributed by atoms with Crippen LogP contribution in [-0.4, -0.2) is 33.6 Å². The number of nitrogens with one attached hydrogen (secondary N) is 2. The van der Waals surface area contributed by atoms with E-state index in [9.17, 15) is 8.42 Å². The summed E-state index contributed by atoms with van der Waals surface area (Å²) < 4.78 is 28.9. The quantitative estimate of drug-likeness (QED) is 0.501. The van der Waals surface area contributed by atoms with Crippen LogP contribution in [-0.2, 0) is 10.0 Å². The van der Waals surface area contributed by atoms with Crippen LogP contribution in [0.15, 0.2) is 29.2 Å². The summed E-state index contributed by atoms with van der Waals surface area (Å²) in [4.78, 5) is 0.294. The van der Waals surface area contributed by atoms with Crippen LogP contribution in [0.25, 0.3) is 0 Å². The van der Waals surface area contributed by atoms with E-state index in [2.05, 4.69) is 46.5 Å². The molecule has 0 aliphatic heterocycles. The first-order valence-corrected chi connectivity index (χ1v) is 10.4. The van der Waals surface area contributed by atoms with Gasteiger partial charge in [0.2, 0.25) is 10.0 Å². The molecule has 0 saturated heterocycles. The molecule has 0 bridgehead atoms. The molecular weight excluding hydrogens is 425 g/mol. The molecule has 0 radical (unpaired) electrons. The predicted octanol–water partition coefficient (Wildman–Crippen LogP) is 2.17. The maximum atomic E-state index is 12.5. The van der Waals surface area contributed by atoms with Crippen LogP contribution in [0.4, 0.5) is 0 Å². The normalized spacial score (nSPS) is 15.1. The Kier molecular flexibility index (Phi) is 8.43. The fourth-order valence-corrected chi connectivity index (χ4v) is 3.91. The zero-order chi connectivity index (χ0) is 17.6. The van der Waals surface area contributed by atoms with E-state index in [0.717, 1.165) is 3.57 Å². The minimum atomic E-state index is -3.52. The number of halogens is 1. The van der Waals surface area contributed by atoms with Crippen LogP contribution in [0.5, 0.6) is 0 Å². The molecule has 0 saturated carbocycles. The highest BCUT2D eigenvalue weighted by Gasteiger charge is 2.23. The second-order valence-electron chi connectivity index (χ2n) is 6.42. The maximum Gasteiger partial charge on any atom is 0.240 e. The third-order valence-corrected chi connectivity index (χ3v) is 6.12. The second-order valence-corrected chi connectivity index (χ2v) is 9.38. The molecule has 132 valence electrons. The zero-order valence-electron chi connectivity index (χ0n) is 14.2. The molecule has 4 N–H and O–H groups in total. The summed E-state index contributed by atoms with van der Waals surface area (Å²) in [7, 11) is -3.52. The Balaban J connectivity index is 2.80. The lowest BCUT2D eigenvalue weighted by Crippen LogP contribution is -2.50. The van der Waals surface area contributed by atoms with Crippen LogP contribution < -0.4 is 15.8 Å². The summed E-state index contributed by atoms with van der Waals surface area (Å²) in [5.41, 5.74) is 5.77. The summed E-state index contributed by atoms with van der Waals surface area (Å²) in [5, 5.41) is 3.38. The fourth-order valence-electron chi connectivity index (χ4n) is 2.16. The zero-order valence-corrected chi connectivity index (χ0v) is 17.2. The van der Waals surface area contributed by atoms with Gasteiger partial charge in [0.25, 0.3) is 0 Å². The molecule has 0 spiro atoms. The number of hydrogen-bond acceptors (Lipinski definition) is 4. The molecule has 1 rings (SSSR count). The van der Waals surface area contributed by atoms with Gasteiger partial charge in [-0.1, -0.05) is 27.7 Å². The van der Waals surface area contributed by atoms with Crippen molar-refractivity contribution in [1.82, 2.24) is 10.0 Å². The molecule has 0 aliphatic carbocycles. The Hall–Kier alpha value is -0.220. The standard InChI is InChI=1S/C16H28IN3O2S/c1-11(2)15(9-18)19-10-16(12(3)4)20-23(21,22)14-7-5-13(17)6-8-14/h5-8,11-12,15-16,19-20H,9-10,18H2,1-4H3. The Morgan fingerprint density at radius 2 is 1.57 bits per heavy atom. The number of hydrogen-bond donors (Lipinski definition) is 3. The van der Waals surface area contributed by atoms with Crippen molar-refractivity contribution in [3.05, 3.63) is 27.8 Å². The smallest absolute Gasteiger partial charge is 0.240 e. The van der Waals surface area contributed by atoms with E-state index in [0.29, 0.717) is 23.9 Å². The van der Waals surface area contributed by atoms with Gasteiger partial charge in [-0.05, 0) is 58.7 Å². The summed E-state index contributed by atoms with van der Waals surface area (Å²) in [6.45, 7) is 9.31. The SMILES string of the molecule is CC(C)C(CN)NCC(NS(=O)(=O)c1ccc(I)cc1)C(C)C. The third kappa shape index (κ3) is 6.66. The van der Waals surface area contributed by atoms with Gasteiger partial charge in [0.05, 0.1) is 4.90 Å². The van der Waals surface area contributed by atoms with E-state index in [4.69, 9.17) is 5.73 Å². The number of benzene rings is 1. The van der Waals surface area contributed by atoms with Crippen LogP contribution in [0.1, 0.15) is 27.7 Å². The first-order valence-electron chi connectivity index (χ1n) is 7.88. The maximum absolute atomic E-state index is 12.5. The van der Waals surface area contributed by atoms with Crippen molar-refractivity contribution in [3.63, 3.8) is 0 Å². The lowest BCUT2D eigenvalue weighted by Gasteiger charge is -2.27. The first kappa shape index (κ1) is 20.8. The van der Waals surface area contributed by atoms with Crippen LogP contribution in [0.2, 0.25) is 0 Å². The van der Waals surface area contributed by atoms with Gasteiger partial charge in [-0.2, -0.15) is 0 Å². The summed E-state index contributed by atoms with van der Waals surface area (Å²) in [5.74, 6) is 0.576. The van der Waals surface area contributed by atoms with E-state index in [-0.39, 0.29) is 18.0 Å². The molecule has 2 atom stereocenters. The van der Waals surface area contributed by atoms with Crippen molar-refractivity contribution >= 4 is 32.6 Å². The highest BCUT2D eigenvalue weighted by atomic mass is 127. The van der Waals surface area contributed by atoms with E-state index >= 15 is 0 Å². The van der Waals surface area contributed by atoms with Gasteiger partial charge in [0.1, 0.15) is 0 Å². The van der Waals surface area contributed by atoms with Crippen molar-refractivity contribution in [2.24, 2.45) is 17.6 Å². The van der Waals surface area contributed by atoms with Gasteiger partial charge < -0.3 is 11.1 Å². The van der Waals surface area contributed by atoms with Crippen molar-refractivity contribution in [3.8, 4) is 0 Å². The van der Waals surface area contributed by atoms with Crippen molar-refractivity contribution in [2.75, 3.05) is 13.1 Å². The topological polar surface area (TPSA) is 84.2 Å². The monoisotopic (exact) mass is 453 g/mol. The third-order valence-electron chi connectivity index (χ3n) is 3.89. The highest BCUT2D eigenvalue weighted by Crippen LogP contribution is 2.14. The molecule has 5 nitrogen and oxygen atoms in total. The van der Waals surface area contributed by atoms with E-state index in [1.54, 1.807) is 24.3 Å². The van der Waals surface area contributed by atoms with E-state index in [1.807, 2.05) is 13.8 Å². The number of rotatable bonds is 9. The second kappa shape index (κ2) is 9.31. The van der Waals surface area contributed by atoms with Crippen molar-refractivity contribution in [2.45, 2.75) is 44.7 Å². The molecule has 2 unspecified atom stereocenters. The Morgan fingerprint density at radius 1 is 1.04 bits per heavy atom. The molecular formula is C16H28IN3O2S. The van der Waals surface area contributed by atoms with Crippen LogP contribution in [0.3, 0.4) is 0 Å². The first-order chi connectivity index (χ1) is 10.7. The summed E-state index contributed by atoms with van der Waals surface area (Å²) in [6.07, 6.45) is 0. The predicted molar refractivity (Wildman–Crippen MR) is 104 cm³/mol. The van der Waals surface area contributed by atoms with Crippen LogP contribution >= 0.6 is 22.6 Å². The Bertz CT molecular complexity index is 573. The molecule has 0 amide bonds. The average Bonchev–Trinajstić information content (AvgIpc) is 2.46. The Morgan fingerprint density at radius 3 is 2.00 bits per heavy atom. The molecule has 1 aromatic rings. The summed E-state index contributed by atoms with van der Waals surface area (Å²) >= 11 is 2.15. The largest absolute Gasteiger partial charge is 0.329 e. The molecule has 0 fully saturated rings. The van der Waals surface area contributed by atoms with Gasteiger partial charge >= 0.3 is 0 Å². The van der Waals surface area contributed by atoms with Gasteiger partial charge in [0, 0.05) is 28.7 Å². The van der Waals surface area contributed by atoms with Crippen molar-refractivity contribution < 1.29 is 8.42 Å². The lowest BCUT2D eigenvalue weighted by atomic mass is 10.0.